The highest BCUT2D eigenvalue weighted by Crippen LogP contribution is 2.30. The fourth-order valence-electron chi connectivity index (χ4n) is 3.85. The Balaban J connectivity index is 1.34. The lowest BCUT2D eigenvalue weighted by atomic mass is 10.0. The quantitative estimate of drug-likeness (QED) is 0.343. The topological polar surface area (TPSA) is 113 Å². The molecule has 3 N–H and O–H groups in total. The van der Waals surface area contributed by atoms with Gasteiger partial charge in [-0.1, -0.05) is 65.8 Å². The predicted octanol–water partition coefficient (Wildman–Crippen LogP) is 5.12. The van der Waals surface area contributed by atoms with Crippen molar-refractivity contribution in [1.82, 2.24) is 15.4 Å². The van der Waals surface area contributed by atoms with Gasteiger partial charge >= 0.3 is 6.03 Å². The van der Waals surface area contributed by atoms with Gasteiger partial charge in [-0.25, -0.2) is 9.89 Å². The van der Waals surface area contributed by atoms with Crippen molar-refractivity contribution in [1.29, 1.82) is 0 Å². The molecule has 0 saturated carbocycles. The third kappa shape index (κ3) is 4.29. The van der Waals surface area contributed by atoms with E-state index in [-0.39, 0.29) is 5.56 Å². The summed E-state index contributed by atoms with van der Waals surface area (Å²) in [7, 11) is 0. The molecule has 0 aliphatic carbocycles. The van der Waals surface area contributed by atoms with Crippen LogP contribution in [0.1, 0.15) is 17.0 Å². The number of anilines is 2. The van der Waals surface area contributed by atoms with Gasteiger partial charge in [0.15, 0.2) is 5.76 Å². The van der Waals surface area contributed by atoms with Gasteiger partial charge in [0.2, 0.25) is 0 Å². The Hall–Kier alpha value is -4.72. The van der Waals surface area contributed by atoms with Crippen molar-refractivity contribution in [3.8, 4) is 11.3 Å². The number of aromatic amines is 1. The number of aryl methyl sites for hydroxylation is 1. The number of fused-ring (bicyclic) bond motifs is 1. The molecule has 0 spiro atoms. The highest BCUT2D eigenvalue weighted by Gasteiger charge is 2.17. The molecular formula is C26H21N5O3. The molecule has 34 heavy (non-hydrogen) atoms. The number of rotatable bonds is 5. The minimum absolute atomic E-state index is 0.217. The first-order valence-electron chi connectivity index (χ1n) is 10.7. The van der Waals surface area contributed by atoms with Gasteiger partial charge in [-0.15, -0.1) is 0 Å². The average Bonchev–Trinajstić information content (AvgIpc) is 3.21. The Morgan fingerprint density at radius 1 is 0.941 bits per heavy atom. The van der Waals surface area contributed by atoms with Crippen LogP contribution in [-0.2, 0) is 6.42 Å². The minimum Gasteiger partial charge on any atom is -0.359 e. The summed E-state index contributed by atoms with van der Waals surface area (Å²) >= 11 is 0. The number of aromatic nitrogens is 3. The van der Waals surface area contributed by atoms with Crippen molar-refractivity contribution in [3.63, 3.8) is 0 Å². The second-order valence-electron chi connectivity index (χ2n) is 7.83. The van der Waals surface area contributed by atoms with Crippen LogP contribution in [-0.4, -0.2) is 21.4 Å². The van der Waals surface area contributed by atoms with Gasteiger partial charge in [-0.05, 0) is 30.7 Å². The fourth-order valence-corrected chi connectivity index (χ4v) is 3.85. The second-order valence-corrected chi connectivity index (χ2v) is 7.83. The molecule has 2 amide bonds. The number of hydrogen-bond donors (Lipinski definition) is 3. The SMILES string of the molecule is Cc1onc(-c2ccccc2)c1NC(=O)Nc1cccc(Cc2n[nH]c(=O)c3ccccc23)c1. The average molecular weight is 451 g/mol. The summed E-state index contributed by atoms with van der Waals surface area (Å²) in [5.74, 6) is 0.513. The Labute approximate surface area is 194 Å². The molecule has 3 aromatic carbocycles. The van der Waals surface area contributed by atoms with E-state index in [1.165, 1.54) is 0 Å². The molecule has 0 saturated heterocycles. The van der Waals surface area contributed by atoms with Gasteiger partial charge in [0, 0.05) is 23.1 Å². The molecule has 168 valence electrons. The van der Waals surface area contributed by atoms with E-state index in [2.05, 4.69) is 26.0 Å². The molecular weight excluding hydrogens is 430 g/mol. The van der Waals surface area contributed by atoms with Crippen LogP contribution in [0.5, 0.6) is 0 Å². The maximum Gasteiger partial charge on any atom is 0.323 e. The summed E-state index contributed by atoms with van der Waals surface area (Å²) in [5, 5.41) is 18.0. The largest absolute Gasteiger partial charge is 0.359 e. The first-order chi connectivity index (χ1) is 16.6. The molecule has 2 aromatic heterocycles. The monoisotopic (exact) mass is 451 g/mol. The van der Waals surface area contributed by atoms with Crippen LogP contribution in [0, 0.1) is 6.92 Å². The zero-order valence-electron chi connectivity index (χ0n) is 18.3. The fraction of sp³-hybridized carbons (Fsp3) is 0.0769. The van der Waals surface area contributed by atoms with Gasteiger partial charge < -0.3 is 15.2 Å². The van der Waals surface area contributed by atoms with Crippen LogP contribution in [0.4, 0.5) is 16.2 Å². The lowest BCUT2D eigenvalue weighted by molar-refractivity contribution is 0.262. The van der Waals surface area contributed by atoms with E-state index in [0.717, 1.165) is 22.2 Å². The summed E-state index contributed by atoms with van der Waals surface area (Å²) in [6, 6.07) is 24.0. The molecule has 0 unspecified atom stereocenters. The van der Waals surface area contributed by atoms with E-state index >= 15 is 0 Å². The molecule has 0 bridgehead atoms. The van der Waals surface area contributed by atoms with Crippen LogP contribution in [0.15, 0.2) is 88.2 Å². The van der Waals surface area contributed by atoms with Crippen molar-refractivity contribution in [2.45, 2.75) is 13.3 Å². The maximum atomic E-state index is 12.8. The normalized spacial score (nSPS) is 10.9. The lowest BCUT2D eigenvalue weighted by Gasteiger charge is -2.10. The van der Waals surface area contributed by atoms with E-state index in [4.69, 9.17) is 4.52 Å². The molecule has 0 atom stereocenters. The standard InChI is InChI=1S/C26H21N5O3/c1-16-23(24(31-34-16)18-9-3-2-4-10-18)28-26(33)27-19-11-7-8-17(14-19)15-22-20-12-5-6-13-21(20)25(32)30-29-22/h2-14H,15H2,1H3,(H,30,32)(H2,27,28,33). The van der Waals surface area contributed by atoms with Crippen molar-refractivity contribution in [2.75, 3.05) is 10.6 Å². The highest BCUT2D eigenvalue weighted by molar-refractivity contribution is 6.02. The molecule has 8 heteroatoms. The summed E-state index contributed by atoms with van der Waals surface area (Å²) in [4.78, 5) is 24.8. The van der Waals surface area contributed by atoms with Gasteiger partial charge in [-0.3, -0.25) is 4.79 Å². The molecule has 5 aromatic rings. The molecule has 8 nitrogen and oxygen atoms in total. The number of hydrogen-bond acceptors (Lipinski definition) is 5. The molecule has 0 aliphatic heterocycles. The summed E-state index contributed by atoms with van der Waals surface area (Å²) in [6.07, 6.45) is 0.497. The number of carbonyl (C=O) groups is 1. The van der Waals surface area contributed by atoms with Crippen LogP contribution in [0.25, 0.3) is 22.0 Å². The van der Waals surface area contributed by atoms with E-state index in [9.17, 15) is 9.59 Å². The van der Waals surface area contributed by atoms with Crippen LogP contribution in [0.2, 0.25) is 0 Å². The summed E-state index contributed by atoms with van der Waals surface area (Å²) < 4.78 is 5.31. The van der Waals surface area contributed by atoms with Gasteiger partial charge in [0.25, 0.3) is 5.56 Å². The Morgan fingerprint density at radius 3 is 2.53 bits per heavy atom. The smallest absolute Gasteiger partial charge is 0.323 e. The van der Waals surface area contributed by atoms with Gasteiger partial charge in [0.05, 0.1) is 11.1 Å². The van der Waals surface area contributed by atoms with Crippen molar-refractivity contribution in [3.05, 3.63) is 106 Å². The van der Waals surface area contributed by atoms with E-state index in [1.54, 1.807) is 19.1 Å². The number of carbonyl (C=O) groups excluding carboxylic acids is 1. The van der Waals surface area contributed by atoms with E-state index in [0.29, 0.717) is 34.6 Å². The Bertz CT molecular complexity index is 1540. The lowest BCUT2D eigenvalue weighted by Crippen LogP contribution is -2.20. The third-order valence-electron chi connectivity index (χ3n) is 5.48. The van der Waals surface area contributed by atoms with Crippen molar-refractivity contribution < 1.29 is 9.32 Å². The zero-order valence-corrected chi connectivity index (χ0v) is 18.3. The maximum absolute atomic E-state index is 12.8. The zero-order chi connectivity index (χ0) is 23.5. The molecule has 0 fully saturated rings. The van der Waals surface area contributed by atoms with Gasteiger partial charge in [-0.2, -0.15) is 5.10 Å². The number of nitrogens with zero attached hydrogens (tertiary/aromatic N) is 2. The first kappa shape index (κ1) is 21.1. The molecule has 0 radical (unpaired) electrons. The number of amides is 2. The third-order valence-corrected chi connectivity index (χ3v) is 5.48. The number of benzene rings is 3. The van der Waals surface area contributed by atoms with Crippen LogP contribution < -0.4 is 16.2 Å². The summed E-state index contributed by atoms with van der Waals surface area (Å²) in [6.45, 7) is 1.75. The van der Waals surface area contributed by atoms with Gasteiger partial charge in [0.1, 0.15) is 11.4 Å². The first-order valence-corrected chi connectivity index (χ1v) is 10.7. The Kier molecular flexibility index (Phi) is 5.61. The summed E-state index contributed by atoms with van der Waals surface area (Å²) in [5.41, 5.74) is 4.03. The molecule has 2 heterocycles. The molecule has 0 aliphatic rings. The molecule has 5 rings (SSSR count). The minimum atomic E-state index is -0.409. The second kappa shape index (κ2) is 9.03. The number of H-pyrrole nitrogens is 1. The van der Waals surface area contributed by atoms with Crippen LogP contribution >= 0.6 is 0 Å². The van der Waals surface area contributed by atoms with Crippen molar-refractivity contribution >= 4 is 28.2 Å². The van der Waals surface area contributed by atoms with Crippen LogP contribution in [0.3, 0.4) is 0 Å². The van der Waals surface area contributed by atoms with Crippen molar-refractivity contribution in [2.24, 2.45) is 0 Å². The highest BCUT2D eigenvalue weighted by atomic mass is 16.5. The predicted molar refractivity (Wildman–Crippen MR) is 131 cm³/mol. The number of urea groups is 1. The Morgan fingerprint density at radius 2 is 1.71 bits per heavy atom. The number of nitrogens with one attached hydrogen (secondary N) is 3. The van der Waals surface area contributed by atoms with E-state index in [1.807, 2.05) is 66.7 Å². The van der Waals surface area contributed by atoms with E-state index < -0.39 is 6.03 Å².